The number of hydrogen-bond acceptors (Lipinski definition) is 3. The highest BCUT2D eigenvalue weighted by Crippen LogP contribution is 2.58. The fourth-order valence-electron chi connectivity index (χ4n) is 3.76. The number of ether oxygens (including phenoxy) is 1. The first-order chi connectivity index (χ1) is 6.20. The van der Waals surface area contributed by atoms with Crippen molar-refractivity contribution in [3.8, 4) is 0 Å². The number of carbonyl (C=O) groups is 1. The van der Waals surface area contributed by atoms with Crippen LogP contribution in [0.3, 0.4) is 0 Å². The van der Waals surface area contributed by atoms with Crippen LogP contribution in [0, 0.1) is 17.3 Å². The van der Waals surface area contributed by atoms with E-state index in [0.717, 1.165) is 5.92 Å². The molecule has 2 N–H and O–H groups in total. The van der Waals surface area contributed by atoms with Gasteiger partial charge in [0.2, 0.25) is 0 Å². The number of cyclic esters (lactones) is 1. The maximum Gasteiger partial charge on any atom is 0.306 e. The maximum absolute atomic E-state index is 11.1. The fourth-order valence-corrected chi connectivity index (χ4v) is 3.76. The highest BCUT2D eigenvalue weighted by molar-refractivity contribution is 5.72. The minimum absolute atomic E-state index is 0.0141. The predicted octanol–water partition coefficient (Wildman–Crippen LogP) is 0.677. The van der Waals surface area contributed by atoms with Gasteiger partial charge in [-0.25, -0.2) is 0 Å². The summed E-state index contributed by atoms with van der Waals surface area (Å²) in [6.45, 7) is 0.640. The second-order valence-electron chi connectivity index (χ2n) is 5.01. The number of fused-ring (bicyclic) bond motifs is 3. The quantitative estimate of drug-likeness (QED) is 0.559. The maximum atomic E-state index is 11.1. The summed E-state index contributed by atoms with van der Waals surface area (Å²) < 4.78 is 5.10. The molecule has 3 nitrogen and oxygen atoms in total. The smallest absolute Gasteiger partial charge is 0.306 e. The molecule has 1 saturated heterocycles. The van der Waals surface area contributed by atoms with E-state index in [1.54, 1.807) is 0 Å². The highest BCUT2D eigenvalue weighted by atomic mass is 16.5. The molecule has 4 unspecified atom stereocenters. The Bertz CT molecular complexity index is 266. The molecule has 3 aliphatic rings. The van der Waals surface area contributed by atoms with Gasteiger partial charge in [0, 0.05) is 11.5 Å². The van der Waals surface area contributed by atoms with E-state index in [-0.39, 0.29) is 11.4 Å². The molecule has 0 aromatic rings. The summed E-state index contributed by atoms with van der Waals surface area (Å²) in [7, 11) is 0. The zero-order chi connectivity index (χ0) is 9.05. The van der Waals surface area contributed by atoms with E-state index in [2.05, 4.69) is 0 Å². The van der Waals surface area contributed by atoms with E-state index < -0.39 is 0 Å². The molecule has 1 aliphatic heterocycles. The largest absolute Gasteiger partial charge is 0.465 e. The first-order valence-electron chi connectivity index (χ1n) is 5.11. The summed E-state index contributed by atoms with van der Waals surface area (Å²) in [4.78, 5) is 11.1. The third kappa shape index (κ3) is 0.909. The SMILES string of the molecule is NC1CC2CC1C1(COC(=O)C1)C2. The topological polar surface area (TPSA) is 52.3 Å². The van der Waals surface area contributed by atoms with Crippen LogP contribution in [0.5, 0.6) is 0 Å². The molecule has 2 saturated carbocycles. The van der Waals surface area contributed by atoms with Crippen molar-refractivity contribution < 1.29 is 9.53 Å². The molecule has 0 aromatic carbocycles. The molecule has 0 amide bonds. The predicted molar refractivity (Wildman–Crippen MR) is 46.8 cm³/mol. The fraction of sp³-hybridized carbons (Fsp3) is 0.900. The van der Waals surface area contributed by atoms with Gasteiger partial charge in [-0.05, 0) is 31.1 Å². The Kier molecular flexibility index (Phi) is 1.36. The minimum Gasteiger partial charge on any atom is -0.465 e. The second kappa shape index (κ2) is 2.27. The van der Waals surface area contributed by atoms with Crippen LogP contribution in [0.15, 0.2) is 0 Å². The van der Waals surface area contributed by atoms with Crippen molar-refractivity contribution in [1.29, 1.82) is 0 Å². The van der Waals surface area contributed by atoms with E-state index in [9.17, 15) is 4.79 Å². The van der Waals surface area contributed by atoms with Crippen LogP contribution in [-0.2, 0) is 9.53 Å². The third-order valence-electron chi connectivity index (χ3n) is 4.21. The lowest BCUT2D eigenvalue weighted by Crippen LogP contribution is -2.40. The van der Waals surface area contributed by atoms with Gasteiger partial charge >= 0.3 is 5.97 Å². The molecule has 0 radical (unpaired) electrons. The first kappa shape index (κ1) is 7.80. The number of nitrogens with two attached hydrogens (primary N) is 1. The van der Waals surface area contributed by atoms with Gasteiger partial charge < -0.3 is 10.5 Å². The molecule has 3 rings (SSSR count). The Morgan fingerprint density at radius 1 is 1.46 bits per heavy atom. The van der Waals surface area contributed by atoms with Gasteiger partial charge in [-0.3, -0.25) is 4.79 Å². The van der Waals surface area contributed by atoms with Crippen molar-refractivity contribution in [3.63, 3.8) is 0 Å². The van der Waals surface area contributed by atoms with Gasteiger partial charge in [0.15, 0.2) is 0 Å². The third-order valence-corrected chi connectivity index (χ3v) is 4.21. The Hall–Kier alpha value is -0.570. The molecule has 3 heteroatoms. The molecule has 3 fully saturated rings. The minimum atomic E-state index is -0.0141. The Morgan fingerprint density at radius 3 is 2.85 bits per heavy atom. The first-order valence-corrected chi connectivity index (χ1v) is 5.11. The van der Waals surface area contributed by atoms with Crippen molar-refractivity contribution in [2.24, 2.45) is 23.0 Å². The summed E-state index contributed by atoms with van der Waals surface area (Å²) in [5.41, 5.74) is 6.21. The van der Waals surface area contributed by atoms with Gasteiger partial charge in [0.05, 0.1) is 13.0 Å². The van der Waals surface area contributed by atoms with Crippen LogP contribution in [0.1, 0.15) is 25.7 Å². The normalized spacial score (nSPS) is 53.3. The lowest BCUT2D eigenvalue weighted by molar-refractivity contribution is -0.137. The van der Waals surface area contributed by atoms with Crippen molar-refractivity contribution in [3.05, 3.63) is 0 Å². The molecule has 0 aromatic heterocycles. The van der Waals surface area contributed by atoms with Gasteiger partial charge in [-0.15, -0.1) is 0 Å². The molecule has 2 bridgehead atoms. The Morgan fingerprint density at radius 2 is 2.31 bits per heavy atom. The van der Waals surface area contributed by atoms with Gasteiger partial charge in [-0.1, -0.05) is 0 Å². The molecule has 72 valence electrons. The van der Waals surface area contributed by atoms with Gasteiger partial charge in [0.25, 0.3) is 0 Å². The Balaban J connectivity index is 1.90. The van der Waals surface area contributed by atoms with Crippen LogP contribution < -0.4 is 5.73 Å². The van der Waals surface area contributed by atoms with Crippen molar-refractivity contribution in [2.75, 3.05) is 6.61 Å². The summed E-state index contributed by atoms with van der Waals surface area (Å²) in [5.74, 6) is 1.32. The molecule has 4 atom stereocenters. The molecule has 2 aliphatic carbocycles. The zero-order valence-corrected chi connectivity index (χ0v) is 7.66. The molecule has 13 heavy (non-hydrogen) atoms. The lowest BCUT2D eigenvalue weighted by atomic mass is 9.71. The van der Waals surface area contributed by atoms with E-state index >= 15 is 0 Å². The van der Waals surface area contributed by atoms with Crippen molar-refractivity contribution >= 4 is 5.97 Å². The molecule has 1 heterocycles. The second-order valence-corrected chi connectivity index (χ2v) is 5.01. The number of rotatable bonds is 0. The number of hydrogen-bond donors (Lipinski definition) is 1. The highest BCUT2D eigenvalue weighted by Gasteiger charge is 2.58. The summed E-state index contributed by atoms with van der Waals surface area (Å²) in [6.07, 6.45) is 4.21. The number of carbonyl (C=O) groups excluding carboxylic acids is 1. The van der Waals surface area contributed by atoms with Crippen LogP contribution in [0.4, 0.5) is 0 Å². The molecule has 1 spiro atoms. The van der Waals surface area contributed by atoms with Gasteiger partial charge in [-0.2, -0.15) is 0 Å². The van der Waals surface area contributed by atoms with E-state index in [4.69, 9.17) is 10.5 Å². The monoisotopic (exact) mass is 181 g/mol. The van der Waals surface area contributed by atoms with Crippen LogP contribution in [-0.4, -0.2) is 18.6 Å². The van der Waals surface area contributed by atoms with Gasteiger partial charge in [0.1, 0.15) is 0 Å². The Labute approximate surface area is 77.6 Å². The lowest BCUT2D eigenvalue weighted by Gasteiger charge is -2.34. The van der Waals surface area contributed by atoms with Crippen LogP contribution in [0.2, 0.25) is 0 Å². The zero-order valence-electron chi connectivity index (χ0n) is 7.66. The summed E-state index contributed by atoms with van der Waals surface area (Å²) in [5, 5.41) is 0. The van der Waals surface area contributed by atoms with Crippen LogP contribution >= 0.6 is 0 Å². The number of esters is 1. The average molecular weight is 181 g/mol. The van der Waals surface area contributed by atoms with Crippen LogP contribution in [0.25, 0.3) is 0 Å². The van der Waals surface area contributed by atoms with E-state index in [1.165, 1.54) is 19.3 Å². The molecular formula is C10H15NO2. The average Bonchev–Trinajstić information content (AvgIpc) is 2.66. The van der Waals surface area contributed by atoms with Crippen molar-refractivity contribution in [2.45, 2.75) is 31.7 Å². The standard InChI is InChI=1S/C10H15NO2/c11-8-2-6-1-7(8)10(3-6)4-9(12)13-5-10/h6-8H,1-5,11H2. The van der Waals surface area contributed by atoms with Crippen molar-refractivity contribution in [1.82, 2.24) is 0 Å². The molecular weight excluding hydrogens is 166 g/mol. The van der Waals surface area contributed by atoms with E-state index in [0.29, 0.717) is 25.0 Å². The summed E-state index contributed by atoms with van der Waals surface area (Å²) in [6, 6.07) is 0.327. The summed E-state index contributed by atoms with van der Waals surface area (Å²) >= 11 is 0. The van der Waals surface area contributed by atoms with E-state index in [1.807, 2.05) is 0 Å².